The molecule has 2 rings (SSSR count). The van der Waals surface area contributed by atoms with Crippen molar-refractivity contribution < 1.29 is 9.47 Å². The number of nitrogens with two attached hydrogens (primary N) is 1. The van der Waals surface area contributed by atoms with Crippen LogP contribution in [0.4, 0.5) is 0 Å². The van der Waals surface area contributed by atoms with Crippen LogP contribution in [0.15, 0.2) is 0 Å². The van der Waals surface area contributed by atoms with Crippen molar-refractivity contribution in [3.05, 3.63) is 0 Å². The summed E-state index contributed by atoms with van der Waals surface area (Å²) in [4.78, 5) is 2.46. The van der Waals surface area contributed by atoms with E-state index in [1.807, 2.05) is 0 Å². The van der Waals surface area contributed by atoms with Gasteiger partial charge in [0.25, 0.3) is 0 Å². The smallest absolute Gasteiger partial charge is 0.105 e. The molecule has 0 aliphatic carbocycles. The Bertz CT molecular complexity index is 209. The fourth-order valence-electron chi connectivity index (χ4n) is 2.32. The summed E-state index contributed by atoms with van der Waals surface area (Å²) in [6.45, 7) is 7.03. The number of nitrogens with zero attached hydrogens (tertiary/aromatic N) is 1. The molecule has 0 spiro atoms. The molecule has 0 amide bonds. The highest BCUT2D eigenvalue weighted by Crippen LogP contribution is 2.18. The van der Waals surface area contributed by atoms with Crippen LogP contribution in [0.2, 0.25) is 0 Å². The highest BCUT2D eigenvalue weighted by Gasteiger charge is 2.31. The van der Waals surface area contributed by atoms with E-state index in [2.05, 4.69) is 11.8 Å². The summed E-state index contributed by atoms with van der Waals surface area (Å²) in [5.74, 6) is 0. The Balaban J connectivity index is 1.69. The van der Waals surface area contributed by atoms with Crippen LogP contribution in [0.1, 0.15) is 26.2 Å². The molecule has 0 aromatic carbocycles. The maximum atomic E-state index is 6.16. The normalized spacial score (nSPS) is 32.6. The second-order valence-corrected chi connectivity index (χ2v) is 4.94. The van der Waals surface area contributed by atoms with Gasteiger partial charge < -0.3 is 20.1 Å². The number of rotatable bonds is 5. The van der Waals surface area contributed by atoms with E-state index >= 15 is 0 Å². The Morgan fingerprint density at radius 3 is 2.81 bits per heavy atom. The summed E-state index contributed by atoms with van der Waals surface area (Å²) in [5.41, 5.74) is 6.16. The van der Waals surface area contributed by atoms with Gasteiger partial charge in [-0.05, 0) is 19.4 Å². The maximum Gasteiger partial charge on any atom is 0.105 e. The zero-order valence-electron chi connectivity index (χ0n) is 10.2. The van der Waals surface area contributed by atoms with E-state index in [0.717, 1.165) is 32.7 Å². The first-order chi connectivity index (χ1) is 7.79. The Hall–Kier alpha value is -0.160. The van der Waals surface area contributed by atoms with Gasteiger partial charge in [0.1, 0.15) is 6.10 Å². The molecule has 2 N–H and O–H groups in total. The van der Waals surface area contributed by atoms with Crippen molar-refractivity contribution in [1.82, 2.24) is 4.90 Å². The first-order valence-corrected chi connectivity index (χ1v) is 6.50. The number of ether oxygens (including phenoxy) is 2. The molecule has 4 heteroatoms. The predicted molar refractivity (Wildman–Crippen MR) is 63.4 cm³/mol. The van der Waals surface area contributed by atoms with E-state index < -0.39 is 0 Å². The van der Waals surface area contributed by atoms with Gasteiger partial charge in [0.05, 0.1) is 19.3 Å². The second kappa shape index (κ2) is 5.96. The molecule has 2 saturated heterocycles. The van der Waals surface area contributed by atoms with Crippen LogP contribution < -0.4 is 5.73 Å². The maximum absolute atomic E-state index is 6.16. The van der Waals surface area contributed by atoms with E-state index in [4.69, 9.17) is 15.2 Å². The van der Waals surface area contributed by atoms with E-state index in [0.29, 0.717) is 6.10 Å². The van der Waals surface area contributed by atoms with Gasteiger partial charge in [-0.15, -0.1) is 0 Å². The molecule has 2 heterocycles. The summed E-state index contributed by atoms with van der Waals surface area (Å²) in [5, 5.41) is 0. The lowest BCUT2D eigenvalue weighted by atomic mass is 10.0. The fraction of sp³-hybridized carbons (Fsp3) is 1.00. The topological polar surface area (TPSA) is 47.7 Å². The fourth-order valence-corrected chi connectivity index (χ4v) is 2.32. The summed E-state index contributed by atoms with van der Waals surface area (Å²) in [6, 6.07) is 0.172. The SMILES string of the molecule is CCCCN1CCC(OC2COC2)C(N)C1. The standard InChI is InChI=1S/C12H24N2O2/c1-2-3-5-14-6-4-12(11(13)7-14)16-10-8-15-9-10/h10-12H,2-9,13H2,1H3. The van der Waals surface area contributed by atoms with Gasteiger partial charge in [0.2, 0.25) is 0 Å². The van der Waals surface area contributed by atoms with Crippen molar-refractivity contribution in [3.8, 4) is 0 Å². The largest absolute Gasteiger partial charge is 0.376 e. The Morgan fingerprint density at radius 1 is 1.44 bits per heavy atom. The van der Waals surface area contributed by atoms with Crippen LogP contribution in [0.3, 0.4) is 0 Å². The Kier molecular flexibility index (Phi) is 4.58. The number of hydrogen-bond donors (Lipinski definition) is 1. The van der Waals surface area contributed by atoms with Crippen LogP contribution in [0, 0.1) is 0 Å². The van der Waals surface area contributed by atoms with Crippen LogP contribution >= 0.6 is 0 Å². The van der Waals surface area contributed by atoms with Gasteiger partial charge in [0.15, 0.2) is 0 Å². The third kappa shape index (κ3) is 3.17. The lowest BCUT2D eigenvalue weighted by Gasteiger charge is -2.39. The average Bonchev–Trinajstić information content (AvgIpc) is 2.22. The van der Waals surface area contributed by atoms with Gasteiger partial charge in [-0.1, -0.05) is 13.3 Å². The Labute approximate surface area is 98.1 Å². The van der Waals surface area contributed by atoms with Crippen molar-refractivity contribution in [1.29, 1.82) is 0 Å². The van der Waals surface area contributed by atoms with E-state index in [9.17, 15) is 0 Å². The molecule has 4 nitrogen and oxygen atoms in total. The van der Waals surface area contributed by atoms with E-state index in [-0.39, 0.29) is 12.1 Å². The summed E-state index contributed by atoms with van der Waals surface area (Å²) >= 11 is 0. The van der Waals surface area contributed by atoms with Crippen LogP contribution in [0.25, 0.3) is 0 Å². The van der Waals surface area contributed by atoms with Gasteiger partial charge >= 0.3 is 0 Å². The minimum absolute atomic E-state index is 0.172. The van der Waals surface area contributed by atoms with Gasteiger partial charge in [0, 0.05) is 19.1 Å². The molecule has 0 saturated carbocycles. The molecular weight excluding hydrogens is 204 g/mol. The molecule has 2 aliphatic heterocycles. The lowest BCUT2D eigenvalue weighted by molar-refractivity contribution is -0.166. The monoisotopic (exact) mass is 228 g/mol. The van der Waals surface area contributed by atoms with Crippen LogP contribution in [-0.4, -0.2) is 56.0 Å². The Morgan fingerprint density at radius 2 is 2.25 bits per heavy atom. The molecule has 2 aliphatic rings. The number of piperidine rings is 1. The van der Waals surface area contributed by atoms with Crippen molar-refractivity contribution in [2.45, 2.75) is 44.4 Å². The minimum atomic E-state index is 0.172. The number of likely N-dealkylation sites (tertiary alicyclic amines) is 1. The molecule has 94 valence electrons. The quantitative estimate of drug-likeness (QED) is 0.749. The van der Waals surface area contributed by atoms with Crippen molar-refractivity contribution in [2.75, 3.05) is 32.8 Å². The first-order valence-electron chi connectivity index (χ1n) is 6.50. The van der Waals surface area contributed by atoms with Crippen molar-refractivity contribution in [2.24, 2.45) is 5.73 Å². The molecule has 0 aromatic rings. The van der Waals surface area contributed by atoms with E-state index in [1.54, 1.807) is 0 Å². The van der Waals surface area contributed by atoms with Crippen molar-refractivity contribution >= 4 is 0 Å². The van der Waals surface area contributed by atoms with E-state index in [1.165, 1.54) is 19.4 Å². The molecular formula is C12H24N2O2. The van der Waals surface area contributed by atoms with Gasteiger partial charge in [-0.3, -0.25) is 0 Å². The first kappa shape index (κ1) is 12.3. The van der Waals surface area contributed by atoms with Gasteiger partial charge in [-0.25, -0.2) is 0 Å². The molecule has 2 unspecified atom stereocenters. The third-order valence-electron chi connectivity index (χ3n) is 3.48. The van der Waals surface area contributed by atoms with Crippen LogP contribution in [0.5, 0.6) is 0 Å². The predicted octanol–water partition coefficient (Wildman–Crippen LogP) is 0.604. The summed E-state index contributed by atoms with van der Waals surface area (Å²) in [7, 11) is 0. The third-order valence-corrected chi connectivity index (χ3v) is 3.48. The van der Waals surface area contributed by atoms with Crippen molar-refractivity contribution in [3.63, 3.8) is 0 Å². The average molecular weight is 228 g/mol. The number of unbranched alkanes of at least 4 members (excludes halogenated alkanes) is 1. The molecule has 0 bridgehead atoms. The molecule has 2 atom stereocenters. The van der Waals surface area contributed by atoms with Gasteiger partial charge in [-0.2, -0.15) is 0 Å². The highest BCUT2D eigenvalue weighted by atomic mass is 16.6. The minimum Gasteiger partial charge on any atom is -0.376 e. The second-order valence-electron chi connectivity index (χ2n) is 4.94. The molecule has 0 aromatic heterocycles. The van der Waals surface area contributed by atoms with Crippen LogP contribution in [-0.2, 0) is 9.47 Å². The lowest BCUT2D eigenvalue weighted by Crippen LogP contribution is -2.55. The molecule has 16 heavy (non-hydrogen) atoms. The molecule has 2 fully saturated rings. The summed E-state index contributed by atoms with van der Waals surface area (Å²) in [6.07, 6.45) is 4.14. The summed E-state index contributed by atoms with van der Waals surface area (Å²) < 4.78 is 11.0. The zero-order chi connectivity index (χ0) is 11.4. The highest BCUT2D eigenvalue weighted by molar-refractivity contribution is 4.85. The zero-order valence-corrected chi connectivity index (χ0v) is 10.2. The molecule has 0 radical (unpaired) electrons. The number of hydrogen-bond acceptors (Lipinski definition) is 4.